The Labute approximate surface area is 117 Å². The molecular formula is C15H10O6. The van der Waals surface area contributed by atoms with E-state index in [9.17, 15) is 25.2 Å². The van der Waals surface area contributed by atoms with Gasteiger partial charge in [-0.25, -0.2) is 4.79 Å². The lowest BCUT2D eigenvalue weighted by molar-refractivity contribution is 0.403. The lowest BCUT2D eigenvalue weighted by Crippen LogP contribution is -1.99. The summed E-state index contributed by atoms with van der Waals surface area (Å²) in [4.78, 5) is 11.6. The van der Waals surface area contributed by atoms with E-state index in [2.05, 4.69) is 4.42 Å². The van der Waals surface area contributed by atoms with Crippen LogP contribution in [0.1, 0.15) is 0 Å². The lowest BCUT2D eigenvalue weighted by atomic mass is 10.00. The molecule has 0 bridgehead atoms. The molecule has 0 radical (unpaired) electrons. The zero-order valence-electron chi connectivity index (χ0n) is 10.6. The van der Waals surface area contributed by atoms with Crippen molar-refractivity contribution in [3.63, 3.8) is 0 Å². The molecule has 0 unspecified atom stereocenters. The Morgan fingerprint density at radius 3 is 2.33 bits per heavy atom. The molecule has 0 atom stereocenters. The summed E-state index contributed by atoms with van der Waals surface area (Å²) >= 11 is 0. The Morgan fingerprint density at radius 1 is 0.857 bits per heavy atom. The molecule has 3 rings (SSSR count). The fourth-order valence-corrected chi connectivity index (χ4v) is 2.16. The molecule has 2 aromatic carbocycles. The minimum Gasteiger partial charge on any atom is -0.504 e. The van der Waals surface area contributed by atoms with Crippen LogP contribution in [-0.4, -0.2) is 20.4 Å². The Hall–Kier alpha value is -3.15. The summed E-state index contributed by atoms with van der Waals surface area (Å²) in [6, 6.07) is 6.90. The number of hydrogen-bond acceptors (Lipinski definition) is 6. The maximum Gasteiger partial charge on any atom is 0.347 e. The van der Waals surface area contributed by atoms with Crippen LogP contribution in [0.15, 0.2) is 45.8 Å². The fraction of sp³-hybridized carbons (Fsp3) is 0. The molecule has 21 heavy (non-hydrogen) atoms. The summed E-state index contributed by atoms with van der Waals surface area (Å²) in [5.41, 5.74) is -0.186. The molecule has 1 aromatic heterocycles. The maximum absolute atomic E-state index is 11.6. The number of fused-ring (bicyclic) bond motifs is 1. The van der Waals surface area contributed by atoms with Crippen LogP contribution in [0.5, 0.6) is 23.0 Å². The van der Waals surface area contributed by atoms with Gasteiger partial charge in [-0.05, 0) is 35.2 Å². The monoisotopic (exact) mass is 286 g/mol. The van der Waals surface area contributed by atoms with Gasteiger partial charge in [0, 0.05) is 5.56 Å². The van der Waals surface area contributed by atoms with Gasteiger partial charge < -0.3 is 24.8 Å². The highest BCUT2D eigenvalue weighted by molar-refractivity contribution is 5.95. The van der Waals surface area contributed by atoms with Gasteiger partial charge in [0.25, 0.3) is 0 Å². The van der Waals surface area contributed by atoms with Crippen molar-refractivity contribution in [3.8, 4) is 34.1 Å². The smallest absolute Gasteiger partial charge is 0.347 e. The molecule has 106 valence electrons. The zero-order chi connectivity index (χ0) is 15.1. The Morgan fingerprint density at radius 2 is 1.62 bits per heavy atom. The van der Waals surface area contributed by atoms with Crippen molar-refractivity contribution in [2.75, 3.05) is 0 Å². The van der Waals surface area contributed by atoms with Crippen molar-refractivity contribution in [1.29, 1.82) is 0 Å². The van der Waals surface area contributed by atoms with E-state index in [1.807, 2.05) is 0 Å². The minimum absolute atomic E-state index is 0.123. The molecule has 1 heterocycles. The summed E-state index contributed by atoms with van der Waals surface area (Å²) in [7, 11) is 0. The number of aromatic hydroxyl groups is 4. The SMILES string of the molecule is O=c1occc2cc(-c3ccc(O)c(O)c3)c(O)c(O)c12. The predicted octanol–water partition coefficient (Wildman–Crippen LogP) is 2.28. The number of rotatable bonds is 1. The molecule has 6 nitrogen and oxygen atoms in total. The third kappa shape index (κ3) is 1.93. The minimum atomic E-state index is -0.764. The second-order valence-corrected chi connectivity index (χ2v) is 4.50. The highest BCUT2D eigenvalue weighted by Gasteiger charge is 2.17. The molecule has 0 aliphatic carbocycles. The Balaban J connectivity index is 2.36. The fourth-order valence-electron chi connectivity index (χ4n) is 2.16. The van der Waals surface area contributed by atoms with Crippen molar-refractivity contribution < 1.29 is 24.8 Å². The van der Waals surface area contributed by atoms with Crippen LogP contribution in [0.2, 0.25) is 0 Å². The molecule has 6 heteroatoms. The molecule has 0 saturated heterocycles. The third-order valence-corrected chi connectivity index (χ3v) is 3.22. The topological polar surface area (TPSA) is 111 Å². The van der Waals surface area contributed by atoms with Crippen LogP contribution >= 0.6 is 0 Å². The normalized spacial score (nSPS) is 10.9. The zero-order valence-corrected chi connectivity index (χ0v) is 10.6. The summed E-state index contributed by atoms with van der Waals surface area (Å²) in [6.45, 7) is 0. The number of phenols is 4. The highest BCUT2D eigenvalue weighted by Crippen LogP contribution is 2.42. The lowest BCUT2D eigenvalue weighted by Gasteiger charge is -2.10. The second-order valence-electron chi connectivity index (χ2n) is 4.50. The molecule has 0 saturated carbocycles. The van der Waals surface area contributed by atoms with E-state index >= 15 is 0 Å². The molecule has 0 fully saturated rings. The maximum atomic E-state index is 11.6. The Bertz CT molecular complexity index is 910. The van der Waals surface area contributed by atoms with Gasteiger partial charge in [0.15, 0.2) is 23.0 Å². The van der Waals surface area contributed by atoms with E-state index in [-0.39, 0.29) is 22.4 Å². The molecule has 0 aliphatic heterocycles. The first-order valence-electron chi connectivity index (χ1n) is 5.98. The van der Waals surface area contributed by atoms with Gasteiger partial charge in [0.2, 0.25) is 0 Å². The van der Waals surface area contributed by atoms with Crippen LogP contribution in [0.4, 0.5) is 0 Å². The number of hydrogen-bond donors (Lipinski definition) is 4. The van der Waals surface area contributed by atoms with E-state index in [0.29, 0.717) is 10.9 Å². The highest BCUT2D eigenvalue weighted by atomic mass is 16.4. The molecule has 0 amide bonds. The van der Waals surface area contributed by atoms with E-state index in [0.717, 1.165) is 0 Å². The van der Waals surface area contributed by atoms with E-state index in [1.54, 1.807) is 0 Å². The summed E-state index contributed by atoms with van der Waals surface area (Å²) in [5, 5.41) is 39.1. The number of benzene rings is 2. The first kappa shape index (κ1) is 12.9. The van der Waals surface area contributed by atoms with Crippen LogP contribution in [0, 0.1) is 0 Å². The summed E-state index contributed by atoms with van der Waals surface area (Å²) < 4.78 is 4.66. The van der Waals surface area contributed by atoms with E-state index in [1.165, 1.54) is 36.6 Å². The quantitative estimate of drug-likeness (QED) is 0.511. The first-order chi connectivity index (χ1) is 9.99. The molecular weight excluding hydrogens is 276 g/mol. The molecule has 0 aliphatic rings. The van der Waals surface area contributed by atoms with Crippen LogP contribution < -0.4 is 5.63 Å². The van der Waals surface area contributed by atoms with Crippen molar-refractivity contribution in [3.05, 3.63) is 47.0 Å². The third-order valence-electron chi connectivity index (χ3n) is 3.22. The van der Waals surface area contributed by atoms with Gasteiger partial charge in [-0.15, -0.1) is 0 Å². The largest absolute Gasteiger partial charge is 0.504 e. The first-order valence-corrected chi connectivity index (χ1v) is 5.98. The van der Waals surface area contributed by atoms with Crippen molar-refractivity contribution >= 4 is 10.8 Å². The van der Waals surface area contributed by atoms with Gasteiger partial charge in [-0.2, -0.15) is 0 Å². The summed E-state index contributed by atoms with van der Waals surface area (Å²) in [6.07, 6.45) is 1.18. The Kier molecular flexibility index (Phi) is 2.72. The number of phenolic OH excluding ortho intramolecular Hbond substituents is 4. The van der Waals surface area contributed by atoms with Gasteiger partial charge in [0.05, 0.1) is 6.26 Å². The molecule has 0 spiro atoms. The molecule has 4 N–H and O–H groups in total. The van der Waals surface area contributed by atoms with Crippen molar-refractivity contribution in [1.82, 2.24) is 0 Å². The van der Waals surface area contributed by atoms with Crippen molar-refractivity contribution in [2.45, 2.75) is 0 Å². The van der Waals surface area contributed by atoms with Gasteiger partial charge in [0.1, 0.15) is 5.39 Å². The standard InChI is InChI=1S/C15H10O6/c16-10-2-1-7(6-11(10)17)9-5-8-3-4-21-15(20)12(8)14(19)13(9)18/h1-6,16-19H. The molecule has 3 aromatic rings. The van der Waals surface area contributed by atoms with Crippen molar-refractivity contribution in [2.24, 2.45) is 0 Å². The van der Waals surface area contributed by atoms with Gasteiger partial charge in [-0.3, -0.25) is 0 Å². The van der Waals surface area contributed by atoms with Crippen LogP contribution in [-0.2, 0) is 0 Å². The predicted molar refractivity (Wildman–Crippen MR) is 74.6 cm³/mol. The van der Waals surface area contributed by atoms with E-state index in [4.69, 9.17) is 0 Å². The van der Waals surface area contributed by atoms with Gasteiger partial charge >= 0.3 is 5.63 Å². The van der Waals surface area contributed by atoms with E-state index < -0.39 is 17.1 Å². The average Bonchev–Trinajstić information content (AvgIpc) is 2.46. The van der Waals surface area contributed by atoms with Gasteiger partial charge in [-0.1, -0.05) is 6.07 Å². The van der Waals surface area contributed by atoms with Crippen LogP contribution in [0.25, 0.3) is 21.9 Å². The average molecular weight is 286 g/mol. The van der Waals surface area contributed by atoms with Crippen LogP contribution in [0.3, 0.4) is 0 Å². The second kappa shape index (κ2) is 4.45. The summed E-state index contributed by atoms with van der Waals surface area (Å²) in [5.74, 6) is -1.77.